The zero-order chi connectivity index (χ0) is 16.3. The first-order valence-corrected chi connectivity index (χ1v) is 8.98. The van der Waals surface area contributed by atoms with Crippen LogP contribution in [0.15, 0.2) is 24.3 Å². The summed E-state index contributed by atoms with van der Waals surface area (Å²) in [5, 5.41) is 14.4. The fraction of sp³-hybridized carbons (Fsp3) is 0.611. The number of carbonyl (C=O) groups is 1. The Bertz CT molecular complexity index is 550. The van der Waals surface area contributed by atoms with Gasteiger partial charge in [-0.05, 0) is 49.8 Å². The van der Waals surface area contributed by atoms with Gasteiger partial charge in [-0.2, -0.15) is 0 Å². The van der Waals surface area contributed by atoms with Crippen LogP contribution in [0.25, 0.3) is 0 Å². The minimum Gasteiger partial charge on any atom is -0.389 e. The van der Waals surface area contributed by atoms with Crippen LogP contribution in [0.2, 0.25) is 5.02 Å². The molecule has 2 aliphatic rings. The van der Waals surface area contributed by atoms with Crippen LogP contribution in [0.5, 0.6) is 0 Å². The summed E-state index contributed by atoms with van der Waals surface area (Å²) in [6, 6.07) is 7.05. The van der Waals surface area contributed by atoms with Gasteiger partial charge in [0.2, 0.25) is 0 Å². The van der Waals surface area contributed by atoms with Crippen molar-refractivity contribution < 1.29 is 9.90 Å². The number of nitrogens with one attached hydrogen (secondary N) is 1. The molecule has 1 aliphatic carbocycles. The standard InChI is InChI=1S/C18H25ClN2O2/c19-15-7-4-8-16(13-15)20-17(22)21-11-9-18(23,10-12-21)14-5-2-1-3-6-14/h4,7-8,13-14,23H,1-3,5-6,9-12H2,(H,20,22). The molecule has 2 fully saturated rings. The van der Waals surface area contributed by atoms with E-state index in [1.54, 1.807) is 17.0 Å². The molecular formula is C18H25ClN2O2. The molecular weight excluding hydrogens is 312 g/mol. The Kier molecular flexibility index (Phi) is 5.12. The minimum atomic E-state index is -0.576. The van der Waals surface area contributed by atoms with E-state index >= 15 is 0 Å². The molecule has 1 aliphatic heterocycles. The molecule has 0 spiro atoms. The van der Waals surface area contributed by atoms with Crippen molar-refractivity contribution in [2.45, 2.75) is 50.5 Å². The van der Waals surface area contributed by atoms with Gasteiger partial charge in [-0.25, -0.2) is 4.79 Å². The average Bonchev–Trinajstić information content (AvgIpc) is 2.56. The third kappa shape index (κ3) is 3.99. The Morgan fingerprint density at radius 2 is 1.91 bits per heavy atom. The Labute approximate surface area is 142 Å². The van der Waals surface area contributed by atoms with Crippen LogP contribution in [0.1, 0.15) is 44.9 Å². The van der Waals surface area contributed by atoms with Gasteiger partial charge in [0.1, 0.15) is 0 Å². The zero-order valence-corrected chi connectivity index (χ0v) is 14.2. The number of piperidine rings is 1. The molecule has 0 atom stereocenters. The van der Waals surface area contributed by atoms with E-state index in [4.69, 9.17) is 11.6 Å². The Hall–Kier alpha value is -1.26. The molecule has 0 bridgehead atoms. The van der Waals surface area contributed by atoms with Crippen LogP contribution in [0, 0.1) is 5.92 Å². The predicted molar refractivity (Wildman–Crippen MR) is 92.8 cm³/mol. The summed E-state index contributed by atoms with van der Waals surface area (Å²) in [4.78, 5) is 14.1. The molecule has 4 nitrogen and oxygen atoms in total. The molecule has 0 unspecified atom stereocenters. The maximum absolute atomic E-state index is 12.4. The van der Waals surface area contributed by atoms with Gasteiger partial charge in [0.25, 0.3) is 0 Å². The highest BCUT2D eigenvalue weighted by atomic mass is 35.5. The number of amides is 2. The van der Waals surface area contributed by atoms with Crippen LogP contribution in [-0.4, -0.2) is 34.7 Å². The Balaban J connectivity index is 1.54. The van der Waals surface area contributed by atoms with Crippen molar-refractivity contribution in [3.8, 4) is 0 Å². The van der Waals surface area contributed by atoms with Crippen LogP contribution in [0.4, 0.5) is 10.5 Å². The number of hydrogen-bond donors (Lipinski definition) is 2. The number of carbonyl (C=O) groups excluding carboxylic acids is 1. The predicted octanol–water partition coefficient (Wildman–Crippen LogP) is 4.28. The molecule has 1 aromatic rings. The number of aliphatic hydroxyl groups is 1. The van der Waals surface area contributed by atoms with Crippen LogP contribution in [0.3, 0.4) is 0 Å². The van der Waals surface area contributed by atoms with E-state index in [1.807, 2.05) is 12.1 Å². The number of halogens is 1. The maximum atomic E-state index is 12.4. The van der Waals surface area contributed by atoms with E-state index in [9.17, 15) is 9.90 Å². The van der Waals surface area contributed by atoms with E-state index in [2.05, 4.69) is 5.32 Å². The second kappa shape index (κ2) is 7.10. The van der Waals surface area contributed by atoms with Crippen molar-refractivity contribution in [3.05, 3.63) is 29.3 Å². The van der Waals surface area contributed by atoms with Crippen molar-refractivity contribution in [2.24, 2.45) is 5.92 Å². The summed E-state index contributed by atoms with van der Waals surface area (Å²) in [5.41, 5.74) is 0.128. The first kappa shape index (κ1) is 16.6. The molecule has 2 amide bonds. The highest BCUT2D eigenvalue weighted by Crippen LogP contribution is 2.39. The first-order chi connectivity index (χ1) is 11.1. The van der Waals surface area contributed by atoms with Crippen molar-refractivity contribution in [3.63, 3.8) is 0 Å². The topological polar surface area (TPSA) is 52.6 Å². The quantitative estimate of drug-likeness (QED) is 0.847. The third-order valence-electron chi connectivity index (χ3n) is 5.36. The molecule has 3 rings (SSSR count). The molecule has 5 heteroatoms. The van der Waals surface area contributed by atoms with E-state index in [-0.39, 0.29) is 6.03 Å². The summed E-state index contributed by atoms with van der Waals surface area (Å²) in [6.45, 7) is 1.22. The number of urea groups is 1. The lowest BCUT2D eigenvalue weighted by atomic mass is 9.72. The highest BCUT2D eigenvalue weighted by Gasteiger charge is 2.40. The van der Waals surface area contributed by atoms with Gasteiger partial charge >= 0.3 is 6.03 Å². The van der Waals surface area contributed by atoms with E-state index in [0.29, 0.717) is 42.6 Å². The lowest BCUT2D eigenvalue weighted by Gasteiger charge is -2.44. The molecule has 126 valence electrons. The number of anilines is 1. The monoisotopic (exact) mass is 336 g/mol. The van der Waals surface area contributed by atoms with Gasteiger partial charge in [0, 0.05) is 23.8 Å². The first-order valence-electron chi connectivity index (χ1n) is 8.61. The van der Waals surface area contributed by atoms with Gasteiger partial charge in [-0.1, -0.05) is 36.9 Å². The molecule has 1 saturated heterocycles. The molecule has 0 radical (unpaired) electrons. The zero-order valence-electron chi connectivity index (χ0n) is 13.4. The molecule has 1 heterocycles. The van der Waals surface area contributed by atoms with Gasteiger partial charge < -0.3 is 15.3 Å². The largest absolute Gasteiger partial charge is 0.389 e. The smallest absolute Gasteiger partial charge is 0.321 e. The summed E-state index contributed by atoms with van der Waals surface area (Å²) in [5.74, 6) is 0.411. The average molecular weight is 337 g/mol. The molecule has 1 aromatic carbocycles. The molecule has 1 saturated carbocycles. The summed E-state index contributed by atoms with van der Waals surface area (Å²) < 4.78 is 0. The maximum Gasteiger partial charge on any atom is 0.321 e. The van der Waals surface area contributed by atoms with Crippen molar-refractivity contribution >= 4 is 23.3 Å². The third-order valence-corrected chi connectivity index (χ3v) is 5.59. The summed E-state index contributed by atoms with van der Waals surface area (Å²) in [7, 11) is 0. The van der Waals surface area contributed by atoms with E-state index < -0.39 is 5.60 Å². The molecule has 23 heavy (non-hydrogen) atoms. The second-order valence-corrected chi connectivity index (χ2v) is 7.30. The SMILES string of the molecule is O=C(Nc1cccc(Cl)c1)N1CCC(O)(C2CCCCC2)CC1. The van der Waals surface area contributed by atoms with Gasteiger partial charge in [0.05, 0.1) is 5.60 Å². The van der Waals surface area contributed by atoms with Crippen molar-refractivity contribution in [1.29, 1.82) is 0 Å². The van der Waals surface area contributed by atoms with Crippen LogP contribution in [-0.2, 0) is 0 Å². The number of rotatable bonds is 2. The summed E-state index contributed by atoms with van der Waals surface area (Å²) >= 11 is 5.94. The van der Waals surface area contributed by atoms with E-state index in [1.165, 1.54) is 19.3 Å². The number of benzene rings is 1. The van der Waals surface area contributed by atoms with Crippen LogP contribution < -0.4 is 5.32 Å². The normalized spacial score (nSPS) is 21.9. The Morgan fingerprint density at radius 1 is 1.22 bits per heavy atom. The fourth-order valence-corrected chi connectivity index (χ4v) is 4.10. The number of nitrogens with zero attached hydrogens (tertiary/aromatic N) is 1. The van der Waals surface area contributed by atoms with E-state index in [0.717, 1.165) is 12.8 Å². The van der Waals surface area contributed by atoms with Gasteiger partial charge in [-0.15, -0.1) is 0 Å². The summed E-state index contributed by atoms with van der Waals surface area (Å²) in [6.07, 6.45) is 7.37. The highest BCUT2D eigenvalue weighted by molar-refractivity contribution is 6.30. The van der Waals surface area contributed by atoms with Gasteiger partial charge in [0.15, 0.2) is 0 Å². The lowest BCUT2D eigenvalue weighted by Crippen LogP contribution is -2.51. The Morgan fingerprint density at radius 3 is 2.57 bits per heavy atom. The lowest BCUT2D eigenvalue weighted by molar-refractivity contribution is -0.0702. The number of likely N-dealkylation sites (tertiary alicyclic amines) is 1. The van der Waals surface area contributed by atoms with Crippen LogP contribution >= 0.6 is 11.6 Å². The minimum absolute atomic E-state index is 0.113. The van der Waals surface area contributed by atoms with Gasteiger partial charge in [-0.3, -0.25) is 0 Å². The number of hydrogen-bond acceptors (Lipinski definition) is 2. The molecule has 2 N–H and O–H groups in total. The fourth-order valence-electron chi connectivity index (χ4n) is 3.91. The van der Waals surface area contributed by atoms with Crippen molar-refractivity contribution in [1.82, 2.24) is 4.90 Å². The second-order valence-electron chi connectivity index (χ2n) is 6.87. The molecule has 0 aromatic heterocycles. The van der Waals surface area contributed by atoms with Crippen molar-refractivity contribution in [2.75, 3.05) is 18.4 Å².